The van der Waals surface area contributed by atoms with Gasteiger partial charge in [-0.2, -0.15) is 0 Å². The van der Waals surface area contributed by atoms with E-state index in [-0.39, 0.29) is 11.4 Å². The normalized spacial score (nSPS) is 10.9. The summed E-state index contributed by atoms with van der Waals surface area (Å²) >= 11 is 2.75. The van der Waals surface area contributed by atoms with Gasteiger partial charge >= 0.3 is 0 Å². The van der Waals surface area contributed by atoms with Gasteiger partial charge in [-0.1, -0.05) is 36.0 Å². The molecule has 3 aromatic heterocycles. The number of nitrogens with one attached hydrogen (secondary N) is 1. The van der Waals surface area contributed by atoms with Crippen molar-refractivity contribution in [2.24, 2.45) is 0 Å². The van der Waals surface area contributed by atoms with Gasteiger partial charge in [-0.25, -0.2) is 9.37 Å². The zero-order valence-electron chi connectivity index (χ0n) is 18.3. The van der Waals surface area contributed by atoms with Crippen molar-refractivity contribution in [2.75, 3.05) is 12.4 Å². The predicted octanol–water partition coefficient (Wildman–Crippen LogP) is 5.68. The summed E-state index contributed by atoms with van der Waals surface area (Å²) in [7, 11) is 1.60. The molecule has 8 nitrogen and oxygen atoms in total. The van der Waals surface area contributed by atoms with Gasteiger partial charge in [0.1, 0.15) is 22.3 Å². The van der Waals surface area contributed by atoms with Gasteiger partial charge in [-0.3, -0.25) is 9.36 Å². The van der Waals surface area contributed by atoms with Crippen molar-refractivity contribution < 1.29 is 18.3 Å². The fourth-order valence-electron chi connectivity index (χ4n) is 3.32. The molecule has 35 heavy (non-hydrogen) atoms. The summed E-state index contributed by atoms with van der Waals surface area (Å²) in [6.45, 7) is 0. The van der Waals surface area contributed by atoms with Crippen LogP contribution in [0.15, 0.2) is 81.9 Å². The number of carbonyl (C=O) groups is 1. The zero-order valence-corrected chi connectivity index (χ0v) is 20.0. The highest BCUT2D eigenvalue weighted by Gasteiger charge is 2.21. The predicted molar refractivity (Wildman–Crippen MR) is 132 cm³/mol. The lowest BCUT2D eigenvalue weighted by atomic mass is 10.3. The van der Waals surface area contributed by atoms with Gasteiger partial charge < -0.3 is 14.5 Å². The lowest BCUT2D eigenvalue weighted by molar-refractivity contribution is 0.102. The number of rotatable bonds is 8. The van der Waals surface area contributed by atoms with Crippen LogP contribution in [-0.4, -0.2) is 32.8 Å². The van der Waals surface area contributed by atoms with Crippen LogP contribution in [0.1, 0.15) is 15.5 Å². The molecule has 176 valence electrons. The van der Waals surface area contributed by atoms with E-state index >= 15 is 0 Å². The molecule has 0 aliphatic heterocycles. The molecule has 0 saturated carbocycles. The number of ether oxygens (including phenoxy) is 1. The molecule has 3 heterocycles. The third kappa shape index (κ3) is 4.81. The molecule has 1 N–H and O–H groups in total. The van der Waals surface area contributed by atoms with Crippen LogP contribution in [0.2, 0.25) is 0 Å². The highest BCUT2D eigenvalue weighted by molar-refractivity contribution is 7.98. The molecule has 0 aliphatic rings. The van der Waals surface area contributed by atoms with Crippen LogP contribution in [0.4, 0.5) is 10.1 Å². The van der Waals surface area contributed by atoms with E-state index in [2.05, 4.69) is 20.5 Å². The third-order valence-corrected chi connectivity index (χ3v) is 6.90. The third-order valence-electron chi connectivity index (χ3n) is 4.93. The van der Waals surface area contributed by atoms with Crippen molar-refractivity contribution in [1.82, 2.24) is 19.7 Å². The summed E-state index contributed by atoms with van der Waals surface area (Å²) in [6, 6.07) is 17.1. The number of aromatic nitrogens is 4. The minimum atomic E-state index is -0.505. The molecular formula is C24H18FN5O3S2. The summed E-state index contributed by atoms with van der Waals surface area (Å²) < 4.78 is 26.8. The van der Waals surface area contributed by atoms with Crippen molar-refractivity contribution in [1.29, 1.82) is 0 Å². The lowest BCUT2D eigenvalue weighted by Gasteiger charge is -2.12. The zero-order chi connectivity index (χ0) is 24.2. The number of hydrogen-bond acceptors (Lipinski definition) is 8. The summed E-state index contributed by atoms with van der Waals surface area (Å²) in [4.78, 5) is 16.9. The molecule has 5 aromatic rings. The van der Waals surface area contributed by atoms with E-state index in [1.165, 1.54) is 35.2 Å². The number of thioether (sulfide) groups is 1. The van der Waals surface area contributed by atoms with Crippen molar-refractivity contribution in [2.45, 2.75) is 10.9 Å². The average Bonchev–Trinajstić information content (AvgIpc) is 3.64. The molecule has 5 rings (SSSR count). The second-order valence-corrected chi connectivity index (χ2v) is 9.03. The number of para-hydroxylation sites is 3. The van der Waals surface area contributed by atoms with Crippen LogP contribution >= 0.6 is 23.1 Å². The second-order valence-electron chi connectivity index (χ2n) is 7.14. The number of thiazole rings is 1. The van der Waals surface area contributed by atoms with Gasteiger partial charge in [0.2, 0.25) is 5.82 Å². The molecule has 1 amide bonds. The van der Waals surface area contributed by atoms with E-state index in [1.807, 2.05) is 34.9 Å². The summed E-state index contributed by atoms with van der Waals surface area (Å²) in [5, 5.41) is 14.2. The van der Waals surface area contributed by atoms with Crippen LogP contribution in [0.5, 0.6) is 5.75 Å². The van der Waals surface area contributed by atoms with E-state index in [9.17, 15) is 9.18 Å². The largest absolute Gasteiger partial charge is 0.495 e. The van der Waals surface area contributed by atoms with Crippen molar-refractivity contribution in [3.05, 3.63) is 88.8 Å². The van der Waals surface area contributed by atoms with Gasteiger partial charge in [0.05, 0.1) is 30.5 Å². The number of carbonyl (C=O) groups excluding carboxylic acids is 1. The molecule has 0 atom stereocenters. The molecule has 0 spiro atoms. The second kappa shape index (κ2) is 10.1. The van der Waals surface area contributed by atoms with E-state index in [0.717, 1.165) is 5.69 Å². The monoisotopic (exact) mass is 507 g/mol. The minimum absolute atomic E-state index is 0.108. The molecular weight excluding hydrogens is 489 g/mol. The first-order chi connectivity index (χ1) is 17.1. The Kier molecular flexibility index (Phi) is 6.59. The van der Waals surface area contributed by atoms with E-state index < -0.39 is 11.7 Å². The first kappa shape index (κ1) is 22.8. The Hall–Kier alpha value is -3.96. The highest BCUT2D eigenvalue weighted by Crippen LogP contribution is 2.34. The first-order valence-corrected chi connectivity index (χ1v) is 12.3. The average molecular weight is 508 g/mol. The first-order valence-electron chi connectivity index (χ1n) is 10.4. The van der Waals surface area contributed by atoms with Gasteiger partial charge in [-0.15, -0.1) is 21.5 Å². The quantitative estimate of drug-likeness (QED) is 0.270. The number of halogens is 1. The molecule has 0 unspecified atom stereocenters. The van der Waals surface area contributed by atoms with Crippen LogP contribution in [0.25, 0.3) is 17.3 Å². The van der Waals surface area contributed by atoms with Gasteiger partial charge in [0, 0.05) is 5.38 Å². The number of hydrogen-bond donors (Lipinski definition) is 1. The Morgan fingerprint density at radius 3 is 2.77 bits per heavy atom. The maximum Gasteiger partial charge on any atom is 0.275 e. The van der Waals surface area contributed by atoms with Crippen LogP contribution in [0, 0.1) is 5.82 Å². The van der Waals surface area contributed by atoms with E-state index in [0.29, 0.717) is 33.3 Å². The molecule has 0 bridgehead atoms. The lowest BCUT2D eigenvalue weighted by Crippen LogP contribution is -2.13. The fourth-order valence-corrected chi connectivity index (χ4v) is 5.05. The minimum Gasteiger partial charge on any atom is -0.495 e. The molecule has 0 radical (unpaired) electrons. The Balaban J connectivity index is 1.38. The SMILES string of the molecule is COc1ccccc1-n1c(SCc2nc(C(=O)Nc3ccccc3F)cs2)nnc1-c1ccco1. The van der Waals surface area contributed by atoms with Gasteiger partial charge in [0.25, 0.3) is 5.91 Å². The van der Waals surface area contributed by atoms with Crippen LogP contribution in [0.3, 0.4) is 0 Å². The Morgan fingerprint density at radius 2 is 1.97 bits per heavy atom. The highest BCUT2D eigenvalue weighted by atomic mass is 32.2. The van der Waals surface area contributed by atoms with Crippen molar-refractivity contribution >= 4 is 34.7 Å². The summed E-state index contributed by atoms with van der Waals surface area (Å²) in [5.74, 6) is 1.23. The maximum atomic E-state index is 13.8. The Labute approximate surface area is 207 Å². The van der Waals surface area contributed by atoms with E-state index in [4.69, 9.17) is 9.15 Å². The van der Waals surface area contributed by atoms with Gasteiger partial charge in [0.15, 0.2) is 10.9 Å². The Bertz CT molecular complexity index is 1470. The van der Waals surface area contributed by atoms with Crippen LogP contribution in [-0.2, 0) is 5.75 Å². The van der Waals surface area contributed by atoms with Crippen molar-refractivity contribution in [3.63, 3.8) is 0 Å². The number of methoxy groups -OCH3 is 1. The number of anilines is 1. The van der Waals surface area contributed by atoms with Gasteiger partial charge in [-0.05, 0) is 36.4 Å². The molecule has 0 fully saturated rings. The number of furan rings is 1. The summed E-state index contributed by atoms with van der Waals surface area (Å²) in [5.41, 5.74) is 1.09. The van der Waals surface area contributed by atoms with Crippen LogP contribution < -0.4 is 10.1 Å². The molecule has 0 saturated heterocycles. The number of amides is 1. The standard InChI is InChI=1S/C24H18FN5O3S2/c1-32-19-10-5-4-9-18(19)30-22(20-11-6-12-33-20)28-29-24(30)35-14-21-26-17(13-34-21)23(31)27-16-8-3-2-7-15(16)25/h2-13H,14H2,1H3,(H,27,31). The molecule has 2 aromatic carbocycles. The van der Waals surface area contributed by atoms with E-state index in [1.54, 1.807) is 37.0 Å². The fraction of sp³-hybridized carbons (Fsp3) is 0.0833. The summed E-state index contributed by atoms with van der Waals surface area (Å²) in [6.07, 6.45) is 1.58. The number of nitrogens with zero attached hydrogens (tertiary/aromatic N) is 4. The molecule has 11 heteroatoms. The topological polar surface area (TPSA) is 95.1 Å². The van der Waals surface area contributed by atoms with Crippen molar-refractivity contribution in [3.8, 4) is 23.0 Å². The Morgan fingerprint density at radius 1 is 1.14 bits per heavy atom. The smallest absolute Gasteiger partial charge is 0.275 e. The molecule has 0 aliphatic carbocycles. The maximum absolute atomic E-state index is 13.8. The number of benzene rings is 2.